The molecule has 0 saturated carbocycles. The molecule has 2 saturated heterocycles. The van der Waals surface area contributed by atoms with Gasteiger partial charge in [-0.15, -0.1) is 0 Å². The van der Waals surface area contributed by atoms with Crippen LogP contribution in [0.15, 0.2) is 0 Å². The first kappa shape index (κ1) is 19.6. The minimum absolute atomic E-state index is 0.00108. The number of aryl methyl sites for hydroxylation is 1. The van der Waals surface area contributed by atoms with Gasteiger partial charge in [-0.25, -0.2) is 0 Å². The number of aromatic nitrogens is 1. The van der Waals surface area contributed by atoms with E-state index in [2.05, 4.69) is 11.9 Å². The van der Waals surface area contributed by atoms with E-state index in [-0.39, 0.29) is 23.5 Å². The number of H-pyrrole nitrogens is 1. The fraction of sp³-hybridized carbons (Fsp3) is 0.667. The molecule has 0 aliphatic carbocycles. The number of Topliss-reactive ketones (excluding diaryl/α,β-unsaturated/α-hetero) is 1. The standard InChI is InChI=1S/C21H31N3O3/c1-4-7-17-18(15(3)25)14(2)22-19(17)21(27)24-12-8-16(9-13-24)20(26)23-10-5-6-11-23/h16,22H,4-13H2,1-3H3. The molecule has 1 N–H and O–H groups in total. The predicted octanol–water partition coefficient (Wildman–Crippen LogP) is 2.95. The van der Waals surface area contributed by atoms with E-state index in [1.54, 1.807) is 6.92 Å². The van der Waals surface area contributed by atoms with Crippen LogP contribution < -0.4 is 0 Å². The van der Waals surface area contributed by atoms with Crippen molar-refractivity contribution in [2.75, 3.05) is 26.2 Å². The van der Waals surface area contributed by atoms with Gasteiger partial charge >= 0.3 is 0 Å². The van der Waals surface area contributed by atoms with Gasteiger partial charge in [-0.05, 0) is 51.5 Å². The van der Waals surface area contributed by atoms with Gasteiger partial charge in [0.25, 0.3) is 5.91 Å². The summed E-state index contributed by atoms with van der Waals surface area (Å²) in [5, 5.41) is 0. The molecule has 3 heterocycles. The van der Waals surface area contributed by atoms with E-state index in [1.165, 1.54) is 0 Å². The Morgan fingerprint density at radius 1 is 1.04 bits per heavy atom. The van der Waals surface area contributed by atoms with Gasteiger partial charge in [0.15, 0.2) is 5.78 Å². The highest BCUT2D eigenvalue weighted by atomic mass is 16.2. The fourth-order valence-corrected chi connectivity index (χ4v) is 4.52. The molecule has 6 heteroatoms. The van der Waals surface area contributed by atoms with Crippen LogP contribution >= 0.6 is 0 Å². The van der Waals surface area contributed by atoms with E-state index in [9.17, 15) is 14.4 Å². The van der Waals surface area contributed by atoms with E-state index in [4.69, 9.17) is 0 Å². The van der Waals surface area contributed by atoms with Crippen molar-refractivity contribution in [2.45, 2.75) is 59.3 Å². The van der Waals surface area contributed by atoms with Gasteiger partial charge in [0.1, 0.15) is 5.69 Å². The number of hydrogen-bond acceptors (Lipinski definition) is 3. The SMILES string of the molecule is CCCc1c(C(=O)N2CCC(C(=O)N3CCCC3)CC2)[nH]c(C)c1C(C)=O. The second-order valence-corrected chi connectivity index (χ2v) is 7.88. The number of nitrogens with one attached hydrogen (secondary N) is 1. The molecule has 6 nitrogen and oxygen atoms in total. The maximum atomic E-state index is 13.1. The number of ketones is 1. The third-order valence-electron chi connectivity index (χ3n) is 5.91. The minimum Gasteiger partial charge on any atom is -0.354 e. The lowest BCUT2D eigenvalue weighted by Crippen LogP contribution is -2.44. The molecular formula is C21H31N3O3. The van der Waals surface area contributed by atoms with E-state index >= 15 is 0 Å². The molecule has 1 aromatic rings. The van der Waals surface area contributed by atoms with Crippen molar-refractivity contribution >= 4 is 17.6 Å². The third kappa shape index (κ3) is 3.94. The lowest BCUT2D eigenvalue weighted by atomic mass is 9.94. The maximum Gasteiger partial charge on any atom is 0.270 e. The summed E-state index contributed by atoms with van der Waals surface area (Å²) in [4.78, 5) is 44.7. The quantitative estimate of drug-likeness (QED) is 0.807. The number of carbonyl (C=O) groups excluding carboxylic acids is 3. The van der Waals surface area contributed by atoms with E-state index < -0.39 is 0 Å². The molecule has 148 valence electrons. The molecule has 2 amide bonds. The fourth-order valence-electron chi connectivity index (χ4n) is 4.52. The van der Waals surface area contributed by atoms with Crippen molar-refractivity contribution in [1.82, 2.24) is 14.8 Å². The van der Waals surface area contributed by atoms with Gasteiger partial charge in [0, 0.05) is 43.4 Å². The summed E-state index contributed by atoms with van der Waals surface area (Å²) in [5.74, 6) is 0.267. The number of rotatable bonds is 5. The monoisotopic (exact) mass is 373 g/mol. The van der Waals surface area contributed by atoms with Crippen LogP contribution in [0.1, 0.15) is 78.1 Å². The topological polar surface area (TPSA) is 73.5 Å². The molecule has 0 unspecified atom stereocenters. The molecule has 27 heavy (non-hydrogen) atoms. The van der Waals surface area contributed by atoms with Gasteiger partial charge < -0.3 is 14.8 Å². The lowest BCUT2D eigenvalue weighted by Gasteiger charge is -2.33. The Morgan fingerprint density at radius 2 is 1.67 bits per heavy atom. The van der Waals surface area contributed by atoms with Crippen molar-refractivity contribution in [2.24, 2.45) is 5.92 Å². The number of likely N-dealkylation sites (tertiary alicyclic amines) is 2. The van der Waals surface area contributed by atoms with Crippen LogP contribution in [0.4, 0.5) is 0 Å². The number of piperidine rings is 1. The average molecular weight is 373 g/mol. The van der Waals surface area contributed by atoms with Crippen LogP contribution in [0.3, 0.4) is 0 Å². The highest BCUT2D eigenvalue weighted by Crippen LogP contribution is 2.26. The summed E-state index contributed by atoms with van der Waals surface area (Å²) in [7, 11) is 0. The number of hydrogen-bond donors (Lipinski definition) is 1. The lowest BCUT2D eigenvalue weighted by molar-refractivity contribution is -0.135. The Morgan fingerprint density at radius 3 is 2.22 bits per heavy atom. The number of amides is 2. The summed E-state index contributed by atoms with van der Waals surface area (Å²) in [6, 6.07) is 0. The summed E-state index contributed by atoms with van der Waals surface area (Å²) >= 11 is 0. The van der Waals surface area contributed by atoms with Gasteiger partial charge in [-0.3, -0.25) is 14.4 Å². The molecule has 0 aromatic carbocycles. The molecule has 3 rings (SSSR count). The molecule has 2 fully saturated rings. The largest absolute Gasteiger partial charge is 0.354 e. The van der Waals surface area contributed by atoms with E-state index in [0.717, 1.165) is 56.5 Å². The Balaban J connectivity index is 1.70. The second kappa shape index (κ2) is 8.28. The normalized spacial score (nSPS) is 18.2. The first-order valence-corrected chi connectivity index (χ1v) is 10.2. The molecule has 2 aliphatic heterocycles. The molecule has 0 atom stereocenters. The summed E-state index contributed by atoms with van der Waals surface area (Å²) in [5.41, 5.74) is 2.85. The van der Waals surface area contributed by atoms with Crippen LogP contribution in [0.25, 0.3) is 0 Å². The van der Waals surface area contributed by atoms with Crippen LogP contribution in [-0.2, 0) is 11.2 Å². The van der Waals surface area contributed by atoms with Crippen molar-refractivity contribution in [3.63, 3.8) is 0 Å². The second-order valence-electron chi connectivity index (χ2n) is 7.88. The van der Waals surface area contributed by atoms with Gasteiger partial charge in [0.2, 0.25) is 5.91 Å². The third-order valence-corrected chi connectivity index (χ3v) is 5.91. The molecule has 0 spiro atoms. The Labute approximate surface area is 161 Å². The smallest absolute Gasteiger partial charge is 0.270 e. The molecular weight excluding hydrogens is 342 g/mol. The molecule has 0 bridgehead atoms. The first-order valence-electron chi connectivity index (χ1n) is 10.2. The highest BCUT2D eigenvalue weighted by molar-refractivity contribution is 6.02. The van der Waals surface area contributed by atoms with Crippen molar-refractivity contribution in [3.05, 3.63) is 22.5 Å². The van der Waals surface area contributed by atoms with Crippen molar-refractivity contribution in [3.8, 4) is 0 Å². The van der Waals surface area contributed by atoms with Crippen LogP contribution in [-0.4, -0.2) is 58.6 Å². The summed E-state index contributed by atoms with van der Waals surface area (Å²) in [6.07, 6.45) is 5.25. The average Bonchev–Trinajstić information content (AvgIpc) is 3.29. The highest BCUT2D eigenvalue weighted by Gasteiger charge is 2.33. The summed E-state index contributed by atoms with van der Waals surface area (Å²) < 4.78 is 0. The van der Waals surface area contributed by atoms with Crippen molar-refractivity contribution < 1.29 is 14.4 Å². The zero-order valence-electron chi connectivity index (χ0n) is 16.8. The number of nitrogens with zero attached hydrogens (tertiary/aromatic N) is 2. The maximum absolute atomic E-state index is 13.1. The minimum atomic E-state index is -0.0406. The Hall–Kier alpha value is -2.11. The summed E-state index contributed by atoms with van der Waals surface area (Å²) in [6.45, 7) is 8.43. The van der Waals surface area contributed by atoms with Crippen LogP contribution in [0.5, 0.6) is 0 Å². The van der Waals surface area contributed by atoms with Crippen LogP contribution in [0.2, 0.25) is 0 Å². The molecule has 0 radical (unpaired) electrons. The van der Waals surface area contributed by atoms with Crippen LogP contribution in [0, 0.1) is 12.8 Å². The zero-order chi connectivity index (χ0) is 19.6. The molecule has 1 aromatic heterocycles. The number of aromatic amines is 1. The van der Waals surface area contributed by atoms with Gasteiger partial charge in [-0.1, -0.05) is 13.3 Å². The Kier molecular flexibility index (Phi) is 6.02. The van der Waals surface area contributed by atoms with Gasteiger partial charge in [-0.2, -0.15) is 0 Å². The van der Waals surface area contributed by atoms with Gasteiger partial charge in [0.05, 0.1) is 0 Å². The Bertz CT molecular complexity index is 723. The molecule has 2 aliphatic rings. The van der Waals surface area contributed by atoms with E-state index in [0.29, 0.717) is 30.8 Å². The first-order chi connectivity index (χ1) is 12.9. The predicted molar refractivity (Wildman–Crippen MR) is 104 cm³/mol. The number of carbonyl (C=O) groups is 3. The van der Waals surface area contributed by atoms with E-state index in [1.807, 2.05) is 16.7 Å². The van der Waals surface area contributed by atoms with Crippen molar-refractivity contribution in [1.29, 1.82) is 0 Å². The zero-order valence-corrected chi connectivity index (χ0v) is 16.8.